The van der Waals surface area contributed by atoms with Crippen LogP contribution in [0.4, 0.5) is 0 Å². The highest BCUT2D eigenvalue weighted by molar-refractivity contribution is 5.84. The van der Waals surface area contributed by atoms with Crippen molar-refractivity contribution in [3.05, 3.63) is 0 Å². The topological polar surface area (TPSA) is 42.1 Å². The number of carbonyl (C=O) groups excluding carboxylic acids is 1. The Morgan fingerprint density at radius 1 is 1.43 bits per heavy atom. The molecule has 0 aliphatic carbocycles. The molecule has 0 amide bonds. The lowest BCUT2D eigenvalue weighted by Gasteiger charge is -2.14. The van der Waals surface area contributed by atoms with Crippen molar-refractivity contribution < 1.29 is 14.3 Å². The number of hydrogen-bond donors (Lipinski definition) is 0. The molecular weight excluding hydrogens is 182 g/mol. The fourth-order valence-corrected chi connectivity index (χ4v) is 1.60. The minimum atomic E-state index is -0.738. The van der Waals surface area contributed by atoms with Crippen LogP contribution in [0.25, 0.3) is 0 Å². The van der Waals surface area contributed by atoms with Crippen LogP contribution in [-0.2, 0) is 14.3 Å². The van der Waals surface area contributed by atoms with Crippen molar-refractivity contribution in [2.24, 2.45) is 0 Å². The minimum absolute atomic E-state index is 0.279. The molecule has 0 aromatic carbocycles. The van der Waals surface area contributed by atoms with Crippen molar-refractivity contribution in [3.63, 3.8) is 0 Å². The molecule has 82 valence electrons. The molecule has 2 unspecified atom stereocenters. The third-order valence-corrected chi connectivity index (χ3v) is 3.01. The van der Waals surface area contributed by atoms with E-state index in [4.69, 9.17) is 9.47 Å². The smallest absolute Gasteiger partial charge is 0.340 e. The van der Waals surface area contributed by atoms with Gasteiger partial charge < -0.3 is 14.4 Å². The van der Waals surface area contributed by atoms with Crippen molar-refractivity contribution in [2.45, 2.75) is 31.5 Å². The van der Waals surface area contributed by atoms with E-state index in [2.05, 4.69) is 4.90 Å². The van der Waals surface area contributed by atoms with Gasteiger partial charge in [0.25, 0.3) is 0 Å². The minimum Gasteiger partial charge on any atom is -0.467 e. The number of epoxide rings is 1. The number of nitrogens with zero attached hydrogens (tertiary/aromatic N) is 1. The molecule has 1 aliphatic rings. The van der Waals surface area contributed by atoms with E-state index in [0.29, 0.717) is 0 Å². The molecule has 0 bridgehead atoms. The number of rotatable bonds is 4. The summed E-state index contributed by atoms with van der Waals surface area (Å²) in [5, 5.41) is 0. The molecule has 4 heteroatoms. The molecule has 2 atom stereocenters. The van der Waals surface area contributed by atoms with Crippen molar-refractivity contribution in [2.75, 3.05) is 27.7 Å². The van der Waals surface area contributed by atoms with E-state index in [1.807, 2.05) is 21.0 Å². The molecule has 0 radical (unpaired) electrons. The summed E-state index contributed by atoms with van der Waals surface area (Å²) < 4.78 is 10.2. The molecule has 0 saturated carbocycles. The quantitative estimate of drug-likeness (QED) is 0.495. The normalized spacial score (nSPS) is 35.9. The standard InChI is InChI=1S/C10H19NO3/c1-9(6-7-11(3)4)10(2,14-9)8(12)13-5/h6-7H2,1-5H3. The number of carbonyl (C=O) groups is 1. The van der Waals surface area contributed by atoms with E-state index in [1.165, 1.54) is 7.11 Å². The lowest BCUT2D eigenvalue weighted by molar-refractivity contribution is -0.146. The third-order valence-electron chi connectivity index (χ3n) is 3.01. The predicted molar refractivity (Wildman–Crippen MR) is 53.1 cm³/mol. The fraction of sp³-hybridized carbons (Fsp3) is 0.900. The van der Waals surface area contributed by atoms with E-state index in [9.17, 15) is 4.79 Å². The maximum absolute atomic E-state index is 11.4. The van der Waals surface area contributed by atoms with Gasteiger partial charge in [-0.2, -0.15) is 0 Å². The van der Waals surface area contributed by atoms with E-state index >= 15 is 0 Å². The monoisotopic (exact) mass is 201 g/mol. The highest BCUT2D eigenvalue weighted by Gasteiger charge is 2.69. The average Bonchev–Trinajstić information content (AvgIpc) is 2.67. The first-order valence-corrected chi connectivity index (χ1v) is 4.79. The molecule has 1 saturated heterocycles. The summed E-state index contributed by atoms with van der Waals surface area (Å²) in [7, 11) is 5.39. The van der Waals surface area contributed by atoms with Gasteiger partial charge in [-0.05, 0) is 34.4 Å². The van der Waals surface area contributed by atoms with E-state index in [-0.39, 0.29) is 11.6 Å². The molecule has 14 heavy (non-hydrogen) atoms. The molecule has 1 heterocycles. The van der Waals surface area contributed by atoms with Gasteiger partial charge in [0.05, 0.1) is 7.11 Å². The van der Waals surface area contributed by atoms with Gasteiger partial charge in [-0.1, -0.05) is 0 Å². The summed E-state index contributed by atoms with van der Waals surface area (Å²) in [6.45, 7) is 4.64. The van der Waals surface area contributed by atoms with Gasteiger partial charge in [-0.3, -0.25) is 0 Å². The summed E-state index contributed by atoms with van der Waals surface area (Å²) in [6.07, 6.45) is 0.839. The number of hydrogen-bond acceptors (Lipinski definition) is 4. The van der Waals surface area contributed by atoms with Crippen LogP contribution < -0.4 is 0 Å². The zero-order valence-corrected chi connectivity index (χ0v) is 9.59. The zero-order chi connectivity index (χ0) is 11.0. The van der Waals surface area contributed by atoms with Crippen LogP contribution in [0, 0.1) is 0 Å². The second-order valence-corrected chi connectivity index (χ2v) is 4.41. The number of ether oxygens (including phenoxy) is 2. The van der Waals surface area contributed by atoms with Crippen molar-refractivity contribution in [1.29, 1.82) is 0 Å². The van der Waals surface area contributed by atoms with Crippen LogP contribution in [0.15, 0.2) is 0 Å². The Bertz CT molecular complexity index is 242. The number of methoxy groups -OCH3 is 1. The molecule has 0 spiro atoms. The van der Waals surface area contributed by atoms with Gasteiger partial charge in [0.2, 0.25) is 0 Å². The first-order valence-electron chi connectivity index (χ1n) is 4.79. The first kappa shape index (κ1) is 11.5. The number of esters is 1. The van der Waals surface area contributed by atoms with E-state index in [0.717, 1.165) is 13.0 Å². The van der Waals surface area contributed by atoms with Gasteiger partial charge >= 0.3 is 5.97 Å². The lowest BCUT2D eigenvalue weighted by atomic mass is 9.93. The lowest BCUT2D eigenvalue weighted by Crippen LogP contribution is -2.32. The zero-order valence-electron chi connectivity index (χ0n) is 9.59. The maximum Gasteiger partial charge on any atom is 0.340 e. The predicted octanol–water partition coefficient (Wildman–Crippen LogP) is 0.659. The molecule has 1 fully saturated rings. The Labute approximate surface area is 85.2 Å². The Hall–Kier alpha value is -0.610. The first-order chi connectivity index (χ1) is 6.35. The summed E-state index contributed by atoms with van der Waals surface area (Å²) in [6, 6.07) is 0. The third kappa shape index (κ3) is 1.77. The van der Waals surface area contributed by atoms with Gasteiger partial charge in [0, 0.05) is 6.54 Å². The van der Waals surface area contributed by atoms with Crippen LogP contribution in [0.5, 0.6) is 0 Å². The Morgan fingerprint density at radius 3 is 2.43 bits per heavy atom. The van der Waals surface area contributed by atoms with Crippen LogP contribution in [0.3, 0.4) is 0 Å². The van der Waals surface area contributed by atoms with Gasteiger partial charge in [-0.25, -0.2) is 4.79 Å². The van der Waals surface area contributed by atoms with Gasteiger partial charge in [-0.15, -0.1) is 0 Å². The Kier molecular flexibility index (Phi) is 2.88. The highest BCUT2D eigenvalue weighted by atomic mass is 16.7. The van der Waals surface area contributed by atoms with Crippen molar-refractivity contribution >= 4 is 5.97 Å². The summed E-state index contributed by atoms with van der Waals surface area (Å²) >= 11 is 0. The molecule has 1 rings (SSSR count). The SMILES string of the molecule is COC(=O)C1(C)OC1(C)CCN(C)C. The molecule has 0 aromatic heterocycles. The highest BCUT2D eigenvalue weighted by Crippen LogP contribution is 2.50. The second kappa shape index (κ2) is 3.51. The molecular formula is C10H19NO3. The van der Waals surface area contributed by atoms with E-state index in [1.54, 1.807) is 6.92 Å². The second-order valence-electron chi connectivity index (χ2n) is 4.41. The van der Waals surface area contributed by atoms with Gasteiger partial charge in [0.1, 0.15) is 5.60 Å². The van der Waals surface area contributed by atoms with Crippen LogP contribution >= 0.6 is 0 Å². The van der Waals surface area contributed by atoms with E-state index < -0.39 is 5.60 Å². The molecule has 1 aliphatic heterocycles. The molecule has 4 nitrogen and oxygen atoms in total. The maximum atomic E-state index is 11.4. The van der Waals surface area contributed by atoms with Crippen molar-refractivity contribution in [3.8, 4) is 0 Å². The molecule has 0 N–H and O–H groups in total. The summed E-state index contributed by atoms with van der Waals surface area (Å²) in [5.74, 6) is -0.279. The van der Waals surface area contributed by atoms with Gasteiger partial charge in [0.15, 0.2) is 5.60 Å². The summed E-state index contributed by atoms with van der Waals surface area (Å²) in [4.78, 5) is 13.5. The van der Waals surface area contributed by atoms with Crippen LogP contribution in [-0.4, -0.2) is 49.8 Å². The molecule has 0 aromatic rings. The average molecular weight is 201 g/mol. The van der Waals surface area contributed by atoms with Crippen molar-refractivity contribution in [1.82, 2.24) is 4.90 Å². The fourth-order valence-electron chi connectivity index (χ4n) is 1.60. The largest absolute Gasteiger partial charge is 0.467 e. The summed E-state index contributed by atoms with van der Waals surface area (Å²) in [5.41, 5.74) is -1.10. The Morgan fingerprint density at radius 2 is 2.00 bits per heavy atom. The Balaban J connectivity index is 2.52. The van der Waals surface area contributed by atoms with Crippen LogP contribution in [0.2, 0.25) is 0 Å². The van der Waals surface area contributed by atoms with Crippen LogP contribution in [0.1, 0.15) is 20.3 Å².